The molecule has 0 saturated heterocycles. The van der Waals surface area contributed by atoms with Gasteiger partial charge in [-0.2, -0.15) is 0 Å². The number of rotatable bonds is 3. The van der Waals surface area contributed by atoms with E-state index in [4.69, 9.17) is 10.7 Å². The van der Waals surface area contributed by atoms with E-state index in [9.17, 15) is 13.2 Å². The predicted octanol–water partition coefficient (Wildman–Crippen LogP) is 2.35. The molecule has 0 aliphatic heterocycles. The number of nitrogens with one attached hydrogen (secondary N) is 1. The third-order valence-corrected chi connectivity index (χ3v) is 3.51. The molecule has 1 aromatic carbocycles. The first-order valence-electron chi connectivity index (χ1n) is 4.81. The van der Waals surface area contributed by atoms with Crippen molar-refractivity contribution in [1.29, 1.82) is 0 Å². The van der Waals surface area contributed by atoms with Crippen molar-refractivity contribution in [2.24, 2.45) is 0 Å². The molecule has 0 unspecified atom stereocenters. The van der Waals surface area contributed by atoms with Crippen molar-refractivity contribution in [3.05, 3.63) is 23.8 Å². The lowest BCUT2D eigenvalue weighted by Gasteiger charge is -2.09. The lowest BCUT2D eigenvalue weighted by molar-refractivity contribution is 0.187. The monoisotopic (exact) mass is 277 g/mol. The molecule has 1 N–H and O–H groups in total. The van der Waals surface area contributed by atoms with Gasteiger partial charge in [0.1, 0.15) is 0 Å². The molecular formula is C10H12ClNO4S. The maximum Gasteiger partial charge on any atom is 0.411 e. The van der Waals surface area contributed by atoms with Crippen LogP contribution in [0.1, 0.15) is 12.5 Å². The Labute approximate surface area is 104 Å². The molecule has 0 fully saturated rings. The molecular weight excluding hydrogens is 266 g/mol. The number of benzene rings is 1. The second-order valence-corrected chi connectivity index (χ2v) is 5.79. The van der Waals surface area contributed by atoms with E-state index in [1.54, 1.807) is 0 Å². The van der Waals surface area contributed by atoms with Crippen LogP contribution in [-0.4, -0.2) is 21.6 Å². The van der Waals surface area contributed by atoms with E-state index in [0.29, 0.717) is 17.7 Å². The van der Waals surface area contributed by atoms with Gasteiger partial charge in [0.2, 0.25) is 0 Å². The molecule has 0 heterocycles. The van der Waals surface area contributed by atoms with E-state index in [-0.39, 0.29) is 4.90 Å². The van der Waals surface area contributed by atoms with Crippen LogP contribution in [0.5, 0.6) is 0 Å². The summed E-state index contributed by atoms with van der Waals surface area (Å²) in [6, 6.07) is 4.23. The zero-order valence-corrected chi connectivity index (χ0v) is 10.9. The minimum absolute atomic E-state index is 0.00596. The number of halogens is 1. The van der Waals surface area contributed by atoms with E-state index in [2.05, 4.69) is 10.1 Å². The molecule has 0 atom stereocenters. The molecule has 1 amide bonds. The third-order valence-electron chi connectivity index (χ3n) is 2.16. The van der Waals surface area contributed by atoms with Crippen LogP contribution in [0, 0.1) is 0 Å². The summed E-state index contributed by atoms with van der Waals surface area (Å²) < 4.78 is 26.7. The van der Waals surface area contributed by atoms with Crippen molar-refractivity contribution in [2.45, 2.75) is 18.2 Å². The minimum Gasteiger partial charge on any atom is -0.453 e. The molecule has 0 spiro atoms. The van der Waals surface area contributed by atoms with Crippen molar-refractivity contribution < 1.29 is 17.9 Å². The van der Waals surface area contributed by atoms with Gasteiger partial charge in [-0.15, -0.1) is 0 Å². The van der Waals surface area contributed by atoms with Crippen LogP contribution in [0.3, 0.4) is 0 Å². The minimum atomic E-state index is -3.76. The van der Waals surface area contributed by atoms with Crippen molar-refractivity contribution >= 4 is 31.5 Å². The van der Waals surface area contributed by atoms with Crippen molar-refractivity contribution in [1.82, 2.24) is 0 Å². The number of methoxy groups -OCH3 is 1. The highest BCUT2D eigenvalue weighted by molar-refractivity contribution is 8.13. The van der Waals surface area contributed by atoms with Gasteiger partial charge >= 0.3 is 6.09 Å². The Morgan fingerprint density at radius 2 is 2.12 bits per heavy atom. The quantitative estimate of drug-likeness (QED) is 0.861. The first-order valence-corrected chi connectivity index (χ1v) is 7.12. The van der Waals surface area contributed by atoms with Gasteiger partial charge in [-0.25, -0.2) is 13.2 Å². The number of carbonyl (C=O) groups is 1. The molecule has 0 saturated carbocycles. The zero-order chi connectivity index (χ0) is 13.1. The van der Waals surface area contributed by atoms with Crippen LogP contribution in [0.15, 0.2) is 23.1 Å². The highest BCUT2D eigenvalue weighted by atomic mass is 35.7. The molecule has 5 nitrogen and oxygen atoms in total. The highest BCUT2D eigenvalue weighted by Gasteiger charge is 2.13. The fraction of sp³-hybridized carbons (Fsp3) is 0.300. The van der Waals surface area contributed by atoms with Crippen molar-refractivity contribution in [2.75, 3.05) is 12.4 Å². The molecule has 0 radical (unpaired) electrons. The van der Waals surface area contributed by atoms with Crippen LogP contribution in [0.4, 0.5) is 10.5 Å². The van der Waals surface area contributed by atoms with Gasteiger partial charge in [0.05, 0.1) is 12.0 Å². The van der Waals surface area contributed by atoms with Gasteiger partial charge < -0.3 is 4.74 Å². The molecule has 0 bridgehead atoms. The summed E-state index contributed by atoms with van der Waals surface area (Å²) in [5.41, 5.74) is 1.17. The topological polar surface area (TPSA) is 72.5 Å². The molecule has 94 valence electrons. The number of ether oxygens (including phenoxy) is 1. The van der Waals surface area contributed by atoms with Crippen molar-refractivity contribution in [3.63, 3.8) is 0 Å². The van der Waals surface area contributed by atoms with Gasteiger partial charge in [-0.05, 0) is 30.2 Å². The van der Waals surface area contributed by atoms with E-state index >= 15 is 0 Å². The van der Waals surface area contributed by atoms with Gasteiger partial charge in [0, 0.05) is 16.4 Å². The summed E-state index contributed by atoms with van der Waals surface area (Å²) in [5.74, 6) is 0. The molecule has 0 aliphatic rings. The van der Waals surface area contributed by atoms with Crippen LogP contribution in [0.25, 0.3) is 0 Å². The molecule has 7 heteroatoms. The highest BCUT2D eigenvalue weighted by Crippen LogP contribution is 2.23. The molecule has 1 aromatic rings. The summed E-state index contributed by atoms with van der Waals surface area (Å²) in [5, 5.41) is 2.49. The van der Waals surface area contributed by atoms with E-state index in [1.807, 2.05) is 6.92 Å². The van der Waals surface area contributed by atoms with Gasteiger partial charge in [0.25, 0.3) is 9.05 Å². The number of anilines is 1. The smallest absolute Gasteiger partial charge is 0.411 e. The number of aryl methyl sites for hydroxylation is 1. The van der Waals surface area contributed by atoms with Crippen LogP contribution >= 0.6 is 10.7 Å². The van der Waals surface area contributed by atoms with Gasteiger partial charge in [-0.3, -0.25) is 5.32 Å². The molecule has 17 heavy (non-hydrogen) atoms. The maximum atomic E-state index is 11.1. The van der Waals surface area contributed by atoms with Crippen LogP contribution < -0.4 is 5.32 Å². The van der Waals surface area contributed by atoms with Crippen LogP contribution in [0.2, 0.25) is 0 Å². The van der Waals surface area contributed by atoms with E-state index in [0.717, 1.165) is 0 Å². The fourth-order valence-electron chi connectivity index (χ4n) is 1.30. The van der Waals surface area contributed by atoms with E-state index < -0.39 is 15.1 Å². The first-order chi connectivity index (χ1) is 7.88. The SMILES string of the molecule is CCc1cc(S(=O)(=O)Cl)ccc1NC(=O)OC. The summed E-state index contributed by atoms with van der Waals surface area (Å²) in [4.78, 5) is 11.1. The second-order valence-electron chi connectivity index (χ2n) is 3.23. The number of carbonyl (C=O) groups excluding carboxylic acids is 1. The Morgan fingerprint density at radius 3 is 2.59 bits per heavy atom. The fourth-order valence-corrected chi connectivity index (χ4v) is 2.10. The Hall–Kier alpha value is -1.27. The standard InChI is InChI=1S/C10H12ClNO4S/c1-3-7-6-8(17(11,14)15)4-5-9(7)12-10(13)16-2/h4-6H,3H2,1-2H3,(H,12,13). The Morgan fingerprint density at radius 1 is 1.47 bits per heavy atom. The predicted molar refractivity (Wildman–Crippen MR) is 64.9 cm³/mol. The molecule has 0 aliphatic carbocycles. The van der Waals surface area contributed by atoms with Gasteiger partial charge in [-0.1, -0.05) is 6.92 Å². The average Bonchev–Trinajstić information content (AvgIpc) is 2.27. The maximum absolute atomic E-state index is 11.1. The lowest BCUT2D eigenvalue weighted by atomic mass is 10.1. The van der Waals surface area contributed by atoms with Gasteiger partial charge in [0.15, 0.2) is 0 Å². The largest absolute Gasteiger partial charge is 0.453 e. The zero-order valence-electron chi connectivity index (χ0n) is 9.36. The summed E-state index contributed by atoms with van der Waals surface area (Å²) in [6.07, 6.45) is -0.0549. The third kappa shape index (κ3) is 3.61. The summed E-state index contributed by atoms with van der Waals surface area (Å²) >= 11 is 0. The molecule has 1 rings (SSSR count). The Balaban J connectivity index is 3.14. The average molecular weight is 278 g/mol. The summed E-state index contributed by atoms with van der Waals surface area (Å²) in [6.45, 7) is 1.84. The number of amides is 1. The molecule has 0 aromatic heterocycles. The second kappa shape index (κ2) is 5.37. The summed E-state index contributed by atoms with van der Waals surface area (Å²) in [7, 11) is 2.72. The van der Waals surface area contributed by atoms with Crippen LogP contribution in [-0.2, 0) is 20.2 Å². The number of hydrogen-bond donors (Lipinski definition) is 1. The first kappa shape index (κ1) is 13.8. The van der Waals surface area contributed by atoms with Crippen molar-refractivity contribution in [3.8, 4) is 0 Å². The van der Waals surface area contributed by atoms with E-state index in [1.165, 1.54) is 25.3 Å². The normalized spacial score (nSPS) is 11.0. The lowest BCUT2D eigenvalue weighted by Crippen LogP contribution is -2.12. The number of hydrogen-bond acceptors (Lipinski definition) is 4. The Kier molecular flexibility index (Phi) is 4.36. The Bertz CT molecular complexity index is 527.